The highest BCUT2D eigenvalue weighted by atomic mass is 28.4. The molecule has 2 aromatic rings. The van der Waals surface area contributed by atoms with Crippen LogP contribution in [0.2, 0.25) is 36.3 Å². The summed E-state index contributed by atoms with van der Waals surface area (Å²) in [5.74, 6) is 1.90. The second kappa shape index (κ2) is 12.9. The van der Waals surface area contributed by atoms with Gasteiger partial charge in [0.2, 0.25) is 0 Å². The Hall–Kier alpha value is -2.92. The minimum absolute atomic E-state index is 0.0191. The molecule has 1 aromatic carbocycles. The van der Waals surface area contributed by atoms with Crippen molar-refractivity contribution in [1.29, 1.82) is 0 Å². The van der Waals surface area contributed by atoms with Gasteiger partial charge in [-0.2, -0.15) is 4.98 Å². The molecule has 0 bridgehead atoms. The molecule has 14 heteroatoms. The van der Waals surface area contributed by atoms with Crippen molar-refractivity contribution in [3.8, 4) is 17.2 Å². The molecule has 4 heterocycles. The number of para-hydroxylation sites is 1. The van der Waals surface area contributed by atoms with Gasteiger partial charge in [0, 0.05) is 6.42 Å². The minimum atomic E-state index is -2.15. The van der Waals surface area contributed by atoms with Gasteiger partial charge in [-0.05, 0) is 48.4 Å². The Morgan fingerprint density at radius 1 is 1.07 bits per heavy atom. The fourth-order valence-electron chi connectivity index (χ4n) is 4.87. The van der Waals surface area contributed by atoms with Crippen molar-refractivity contribution in [2.24, 2.45) is 4.99 Å². The maximum Gasteiger partial charge on any atom is 0.351 e. The quantitative estimate of drug-likeness (QED) is 0.191. The normalized spacial score (nSPS) is 21.4. The van der Waals surface area contributed by atoms with E-state index < -0.39 is 28.6 Å². The third kappa shape index (κ3) is 7.46. The zero-order chi connectivity index (χ0) is 33.5. The monoisotopic (exact) mass is 673 g/mol. The molecule has 254 valence electrons. The van der Waals surface area contributed by atoms with Gasteiger partial charge in [-0.3, -0.25) is 4.57 Å². The lowest BCUT2D eigenvalue weighted by Gasteiger charge is -2.40. The summed E-state index contributed by atoms with van der Waals surface area (Å²) in [4.78, 5) is 22.1. The molecule has 2 N–H and O–H groups in total. The highest BCUT2D eigenvalue weighted by molar-refractivity contribution is 6.74. The molecule has 0 amide bonds. The van der Waals surface area contributed by atoms with Gasteiger partial charge in [-0.25, -0.2) is 9.79 Å². The summed E-state index contributed by atoms with van der Waals surface area (Å²) in [6.45, 7) is 24.8. The van der Waals surface area contributed by atoms with Crippen molar-refractivity contribution in [3.63, 3.8) is 0 Å². The van der Waals surface area contributed by atoms with E-state index in [-0.39, 0.29) is 22.3 Å². The first-order valence-electron chi connectivity index (χ1n) is 16.2. The molecule has 12 nitrogen and oxygen atoms in total. The molecule has 1 fully saturated rings. The molecular formula is C32H51N5O7Si2. The van der Waals surface area contributed by atoms with Crippen LogP contribution in [-0.4, -0.2) is 77.3 Å². The molecule has 5 rings (SSSR count). The molecule has 0 unspecified atom stereocenters. The van der Waals surface area contributed by atoms with E-state index in [0.717, 1.165) is 0 Å². The first-order chi connectivity index (χ1) is 21.4. The van der Waals surface area contributed by atoms with Crippen LogP contribution < -0.4 is 25.8 Å². The SMILES string of the molecule is CC(C)(C)[Si](C)(C)OC[C@H]1O[C@@H](n2cc3c(nc2=O)Nc2c(OCCNC4=NCCO4)cccc2O3)C[C@@H]1O[Si](C)(C)C(C)(C)C. The minimum Gasteiger partial charge on any atom is -0.489 e. The van der Waals surface area contributed by atoms with Crippen molar-refractivity contribution in [2.75, 3.05) is 38.2 Å². The van der Waals surface area contributed by atoms with E-state index in [1.807, 2.05) is 18.2 Å². The first kappa shape index (κ1) is 34.4. The molecule has 0 radical (unpaired) electrons. The molecule has 3 aliphatic rings. The third-order valence-corrected chi connectivity index (χ3v) is 18.8. The number of amidine groups is 1. The molecular weight excluding hydrogens is 623 g/mol. The van der Waals surface area contributed by atoms with E-state index in [1.54, 1.807) is 6.20 Å². The van der Waals surface area contributed by atoms with Crippen molar-refractivity contribution in [3.05, 3.63) is 34.9 Å². The van der Waals surface area contributed by atoms with Crippen LogP contribution in [0, 0.1) is 0 Å². The van der Waals surface area contributed by atoms with Gasteiger partial charge in [0.1, 0.15) is 37.0 Å². The zero-order valence-electron chi connectivity index (χ0n) is 29.0. The van der Waals surface area contributed by atoms with E-state index in [1.165, 1.54) is 4.57 Å². The Labute approximate surface area is 274 Å². The molecule has 1 saturated heterocycles. The number of anilines is 2. The van der Waals surface area contributed by atoms with E-state index in [9.17, 15) is 4.79 Å². The van der Waals surface area contributed by atoms with Crippen molar-refractivity contribution >= 4 is 34.2 Å². The zero-order valence-corrected chi connectivity index (χ0v) is 31.0. The second-order valence-corrected chi connectivity index (χ2v) is 24.7. The van der Waals surface area contributed by atoms with Crippen LogP contribution in [-0.2, 0) is 18.3 Å². The van der Waals surface area contributed by atoms with Crippen LogP contribution in [0.25, 0.3) is 0 Å². The highest BCUT2D eigenvalue weighted by Gasteiger charge is 2.47. The Balaban J connectivity index is 1.32. The number of hydrogen-bond donors (Lipinski definition) is 2. The molecule has 0 aliphatic carbocycles. The molecule has 46 heavy (non-hydrogen) atoms. The Morgan fingerprint density at radius 2 is 1.80 bits per heavy atom. The van der Waals surface area contributed by atoms with Gasteiger partial charge in [-0.1, -0.05) is 47.6 Å². The average Bonchev–Trinajstić information content (AvgIpc) is 3.61. The van der Waals surface area contributed by atoms with Crippen LogP contribution in [0.3, 0.4) is 0 Å². The lowest BCUT2D eigenvalue weighted by atomic mass is 10.2. The van der Waals surface area contributed by atoms with E-state index in [0.29, 0.717) is 74.1 Å². The number of nitrogens with zero attached hydrogens (tertiary/aromatic N) is 3. The number of aliphatic imine (C=N–C) groups is 1. The smallest absolute Gasteiger partial charge is 0.351 e. The highest BCUT2D eigenvalue weighted by Crippen LogP contribution is 2.46. The molecule has 0 spiro atoms. The predicted molar refractivity (Wildman–Crippen MR) is 184 cm³/mol. The number of nitrogens with one attached hydrogen (secondary N) is 2. The molecule has 1 aromatic heterocycles. The molecule has 3 aliphatic heterocycles. The van der Waals surface area contributed by atoms with Gasteiger partial charge in [0.15, 0.2) is 34.0 Å². The number of rotatable bonds is 10. The summed E-state index contributed by atoms with van der Waals surface area (Å²) < 4.78 is 39.2. The van der Waals surface area contributed by atoms with Gasteiger partial charge >= 0.3 is 5.69 Å². The lowest BCUT2D eigenvalue weighted by Crippen LogP contribution is -2.48. The standard InChI is InChI=1S/C32H51N5O7Si2/c1-31(2,3)45(7,8)41-20-25-23(44-46(9,10)32(4,5)6)18-26(43-25)37-19-24-28(36-30(37)38)35-27-21(12-11-13-22(27)42-24)39-16-14-33-29-34-15-17-40-29/h11-13,19,23,25-26H,14-18,20H2,1-10H3,(H,33,34)(H,35,36,38)/t23-,25+,26+/m0/s1. The Bertz CT molecular complexity index is 1500. The maximum atomic E-state index is 13.5. The van der Waals surface area contributed by atoms with Gasteiger partial charge in [0.05, 0.1) is 32.0 Å². The maximum absolute atomic E-state index is 13.5. The van der Waals surface area contributed by atoms with Crippen molar-refractivity contribution < 1.29 is 27.8 Å². The first-order valence-corrected chi connectivity index (χ1v) is 22.0. The second-order valence-electron chi connectivity index (χ2n) is 15.2. The van der Waals surface area contributed by atoms with Crippen molar-refractivity contribution in [2.45, 2.75) is 103 Å². The Kier molecular flexibility index (Phi) is 9.68. The summed E-state index contributed by atoms with van der Waals surface area (Å²) in [7, 11) is -4.19. The lowest BCUT2D eigenvalue weighted by molar-refractivity contribution is -0.0413. The third-order valence-electron chi connectivity index (χ3n) is 9.75. The predicted octanol–water partition coefficient (Wildman–Crippen LogP) is 6.15. The summed E-state index contributed by atoms with van der Waals surface area (Å²) in [5.41, 5.74) is 0.164. The van der Waals surface area contributed by atoms with Crippen LogP contribution in [0.5, 0.6) is 17.2 Å². The van der Waals surface area contributed by atoms with E-state index >= 15 is 0 Å². The van der Waals surface area contributed by atoms with Crippen LogP contribution in [0.4, 0.5) is 11.5 Å². The fourth-order valence-corrected chi connectivity index (χ4v) is 7.24. The van der Waals surface area contributed by atoms with Gasteiger partial charge in [0.25, 0.3) is 6.02 Å². The number of benzene rings is 1. The van der Waals surface area contributed by atoms with E-state index in [4.69, 9.17) is 27.8 Å². The summed E-state index contributed by atoms with van der Waals surface area (Å²) in [6, 6.07) is 6.08. The summed E-state index contributed by atoms with van der Waals surface area (Å²) in [5, 5.41) is 6.43. The fraction of sp³-hybridized carbons (Fsp3) is 0.656. The number of hydrogen-bond acceptors (Lipinski definition) is 11. The molecule has 3 atom stereocenters. The van der Waals surface area contributed by atoms with Gasteiger partial charge in [-0.15, -0.1) is 0 Å². The number of ether oxygens (including phenoxy) is 4. The topological polar surface area (TPSA) is 127 Å². The van der Waals surface area contributed by atoms with Gasteiger partial charge < -0.3 is 38.4 Å². The number of aromatic nitrogens is 2. The number of fused-ring (bicyclic) bond motifs is 2. The Morgan fingerprint density at radius 3 is 2.48 bits per heavy atom. The largest absolute Gasteiger partial charge is 0.489 e. The molecule has 0 saturated carbocycles. The summed E-state index contributed by atoms with van der Waals surface area (Å²) in [6.07, 6.45) is 1.06. The van der Waals surface area contributed by atoms with Crippen LogP contribution >= 0.6 is 0 Å². The van der Waals surface area contributed by atoms with Crippen LogP contribution in [0.15, 0.2) is 34.2 Å². The van der Waals surface area contributed by atoms with Crippen LogP contribution in [0.1, 0.15) is 54.2 Å². The van der Waals surface area contributed by atoms with Crippen molar-refractivity contribution in [1.82, 2.24) is 14.9 Å². The average molecular weight is 674 g/mol. The van der Waals surface area contributed by atoms with E-state index in [2.05, 4.69) is 88.3 Å². The summed E-state index contributed by atoms with van der Waals surface area (Å²) >= 11 is 0.